The van der Waals surface area contributed by atoms with Gasteiger partial charge in [0.2, 0.25) is 15.0 Å². The molecule has 6 nitrogen and oxygen atoms in total. The predicted octanol–water partition coefficient (Wildman–Crippen LogP) is 1.62. The zero-order valence-electron chi connectivity index (χ0n) is 14.6. The second kappa shape index (κ2) is 6.42. The zero-order valence-corrected chi connectivity index (χ0v) is 15.5. The third-order valence-electron chi connectivity index (χ3n) is 6.07. The van der Waals surface area contributed by atoms with E-state index in [1.807, 2.05) is 18.4 Å². The molecule has 2 fully saturated rings. The van der Waals surface area contributed by atoms with Gasteiger partial charge in [-0.1, -0.05) is 6.42 Å². The molecule has 3 rings (SSSR count). The summed E-state index contributed by atoms with van der Waals surface area (Å²) in [6, 6.07) is 0.0811. The van der Waals surface area contributed by atoms with E-state index in [9.17, 15) is 13.5 Å². The number of aryl methyl sites for hydroxylation is 1. The Labute approximate surface area is 143 Å². The van der Waals surface area contributed by atoms with Gasteiger partial charge in [-0.15, -0.1) is 0 Å². The molecule has 0 saturated heterocycles. The quantitative estimate of drug-likeness (QED) is 0.808. The number of aliphatic hydroxyl groups is 2. The molecule has 5 atom stereocenters. The summed E-state index contributed by atoms with van der Waals surface area (Å²) in [6.45, 7) is 5.26. The van der Waals surface area contributed by atoms with Gasteiger partial charge < -0.3 is 14.8 Å². The molecule has 0 aliphatic heterocycles. The fourth-order valence-corrected chi connectivity index (χ4v) is 6.39. The van der Waals surface area contributed by atoms with E-state index in [0.29, 0.717) is 17.5 Å². The molecular formula is C17H28N2O4S. The molecule has 0 amide bonds. The molecule has 0 radical (unpaired) electrons. The molecule has 2 aliphatic rings. The first-order valence-electron chi connectivity index (χ1n) is 8.81. The average molecular weight is 356 g/mol. The van der Waals surface area contributed by atoms with Crippen LogP contribution in [0.15, 0.2) is 5.16 Å². The summed E-state index contributed by atoms with van der Waals surface area (Å²) in [5.41, 5.74) is 1.59. The number of nitrogens with zero attached hydrogens (tertiary/aromatic N) is 2. The van der Waals surface area contributed by atoms with E-state index < -0.39 is 28.3 Å². The van der Waals surface area contributed by atoms with Crippen LogP contribution in [0.4, 0.5) is 0 Å². The summed E-state index contributed by atoms with van der Waals surface area (Å²) in [7, 11) is -3.75. The molecule has 1 aromatic rings. The summed E-state index contributed by atoms with van der Waals surface area (Å²) in [5, 5.41) is 18.6. The number of sulfone groups is 1. The smallest absolute Gasteiger partial charge is 0.228 e. The van der Waals surface area contributed by atoms with Gasteiger partial charge in [-0.3, -0.25) is 0 Å². The highest BCUT2D eigenvalue weighted by Gasteiger charge is 2.43. The van der Waals surface area contributed by atoms with Crippen molar-refractivity contribution in [3.8, 4) is 0 Å². The summed E-state index contributed by atoms with van der Waals surface area (Å²) in [5.74, 6) is 1.48. The largest absolute Gasteiger partial charge is 0.394 e. The van der Waals surface area contributed by atoms with E-state index in [1.165, 1.54) is 25.7 Å². The van der Waals surface area contributed by atoms with E-state index in [0.717, 1.165) is 11.6 Å². The minimum atomic E-state index is -3.75. The van der Waals surface area contributed by atoms with E-state index in [1.54, 1.807) is 0 Å². The Bertz CT molecular complexity index is 712. The van der Waals surface area contributed by atoms with Crippen LogP contribution in [0.3, 0.4) is 0 Å². The lowest BCUT2D eigenvalue weighted by Crippen LogP contribution is -2.29. The van der Waals surface area contributed by atoms with Gasteiger partial charge >= 0.3 is 0 Å². The molecule has 0 unspecified atom stereocenters. The lowest BCUT2D eigenvalue weighted by molar-refractivity contribution is 0.112. The van der Waals surface area contributed by atoms with E-state index in [-0.39, 0.29) is 11.2 Å². The maximum Gasteiger partial charge on any atom is 0.228 e. The van der Waals surface area contributed by atoms with Crippen molar-refractivity contribution in [1.29, 1.82) is 0 Å². The van der Waals surface area contributed by atoms with E-state index >= 15 is 0 Å². The van der Waals surface area contributed by atoms with Crippen molar-refractivity contribution in [1.82, 2.24) is 9.55 Å². The monoisotopic (exact) mass is 356 g/mol. The average Bonchev–Trinajstić information content (AvgIpc) is 3.22. The maximum absolute atomic E-state index is 12.7. The Morgan fingerprint density at radius 1 is 1.29 bits per heavy atom. The van der Waals surface area contributed by atoms with Crippen LogP contribution in [-0.2, 0) is 9.84 Å². The van der Waals surface area contributed by atoms with Crippen LogP contribution in [-0.4, -0.2) is 46.6 Å². The van der Waals surface area contributed by atoms with E-state index in [4.69, 9.17) is 5.11 Å². The molecule has 1 heterocycles. The summed E-state index contributed by atoms with van der Waals surface area (Å²) in [6.07, 6.45) is 3.72. The molecule has 0 aromatic carbocycles. The van der Waals surface area contributed by atoms with Gasteiger partial charge in [0.25, 0.3) is 0 Å². The summed E-state index contributed by atoms with van der Waals surface area (Å²) < 4.78 is 27.3. The highest BCUT2D eigenvalue weighted by atomic mass is 32.2. The Kier molecular flexibility index (Phi) is 4.79. The van der Waals surface area contributed by atoms with Crippen LogP contribution in [0.1, 0.15) is 50.0 Å². The molecule has 2 saturated carbocycles. The SMILES string of the molecule is Cc1nc(S(=O)(=O)C[C@H](O)CO)n([C@@H](C)[C@H]2C[C@H]3CC[C@H]2C3)c1C. The van der Waals surface area contributed by atoms with Gasteiger partial charge in [0.15, 0.2) is 0 Å². The van der Waals surface area contributed by atoms with Crippen LogP contribution >= 0.6 is 0 Å². The zero-order chi connectivity index (χ0) is 17.6. The van der Waals surface area contributed by atoms with Crippen LogP contribution in [0.25, 0.3) is 0 Å². The standard InChI is InChI=1S/C17H28N2O4S/c1-10-11(2)19(12(3)16-7-13-4-5-14(16)6-13)17(18-10)24(22,23)9-15(21)8-20/h12-16,20-21H,4-9H2,1-3H3/t12-,13-,14-,15+,16+/m0/s1. The van der Waals surface area contributed by atoms with Crippen LogP contribution < -0.4 is 0 Å². The number of rotatable bonds is 6. The third-order valence-corrected chi connectivity index (χ3v) is 7.74. The second-order valence-corrected chi connectivity index (χ2v) is 9.56. The minimum Gasteiger partial charge on any atom is -0.394 e. The van der Waals surface area contributed by atoms with Gasteiger partial charge in [0.05, 0.1) is 24.2 Å². The van der Waals surface area contributed by atoms with Gasteiger partial charge in [-0.25, -0.2) is 13.4 Å². The maximum atomic E-state index is 12.7. The lowest BCUT2D eigenvalue weighted by Gasteiger charge is -2.30. The number of hydrogen-bond donors (Lipinski definition) is 2. The summed E-state index contributed by atoms with van der Waals surface area (Å²) in [4.78, 5) is 4.31. The Morgan fingerprint density at radius 3 is 2.54 bits per heavy atom. The fraction of sp³-hybridized carbons (Fsp3) is 0.824. The van der Waals surface area contributed by atoms with Crippen LogP contribution in [0.2, 0.25) is 0 Å². The van der Waals surface area contributed by atoms with Gasteiger partial charge in [-0.2, -0.15) is 0 Å². The first-order chi connectivity index (χ1) is 11.2. The van der Waals surface area contributed by atoms with Gasteiger partial charge in [-0.05, 0) is 57.8 Å². The van der Waals surface area contributed by atoms with Crippen molar-refractivity contribution in [3.05, 3.63) is 11.4 Å². The van der Waals surface area contributed by atoms with Crippen molar-refractivity contribution >= 4 is 9.84 Å². The van der Waals surface area contributed by atoms with E-state index in [2.05, 4.69) is 11.9 Å². The van der Waals surface area contributed by atoms with Crippen molar-refractivity contribution in [3.63, 3.8) is 0 Å². The molecule has 1 aromatic heterocycles. The highest BCUT2D eigenvalue weighted by Crippen LogP contribution is 2.52. The molecule has 2 N–H and O–H groups in total. The van der Waals surface area contributed by atoms with Crippen molar-refractivity contribution in [2.75, 3.05) is 12.4 Å². The second-order valence-electron chi connectivity index (χ2n) is 7.63. The van der Waals surface area contributed by atoms with Crippen LogP contribution in [0.5, 0.6) is 0 Å². The van der Waals surface area contributed by atoms with Gasteiger partial charge in [0.1, 0.15) is 0 Å². The highest BCUT2D eigenvalue weighted by molar-refractivity contribution is 7.91. The number of imidazole rings is 1. The first-order valence-corrected chi connectivity index (χ1v) is 10.5. The molecule has 136 valence electrons. The van der Waals surface area contributed by atoms with Crippen LogP contribution in [0, 0.1) is 31.6 Å². The minimum absolute atomic E-state index is 0.0419. The topological polar surface area (TPSA) is 92.4 Å². The van der Waals surface area contributed by atoms with Crippen molar-refractivity contribution in [2.24, 2.45) is 17.8 Å². The third kappa shape index (κ3) is 3.02. The molecule has 0 spiro atoms. The molecular weight excluding hydrogens is 328 g/mol. The molecule has 24 heavy (non-hydrogen) atoms. The number of aliphatic hydroxyl groups excluding tert-OH is 2. The van der Waals surface area contributed by atoms with Gasteiger partial charge in [0, 0.05) is 11.7 Å². The number of hydrogen-bond acceptors (Lipinski definition) is 5. The number of aromatic nitrogens is 2. The normalized spacial score (nSPS) is 29.1. The Morgan fingerprint density at radius 2 is 2.00 bits per heavy atom. The fourth-order valence-electron chi connectivity index (χ4n) is 4.75. The molecule has 2 aliphatic carbocycles. The first kappa shape index (κ1) is 17.9. The lowest BCUT2D eigenvalue weighted by atomic mass is 9.84. The number of fused-ring (bicyclic) bond motifs is 2. The van der Waals surface area contributed by atoms with Crippen molar-refractivity contribution in [2.45, 2.75) is 63.8 Å². The summed E-state index contributed by atoms with van der Waals surface area (Å²) >= 11 is 0. The Hall–Kier alpha value is -0.920. The predicted molar refractivity (Wildman–Crippen MR) is 90.5 cm³/mol. The molecule has 7 heteroatoms. The van der Waals surface area contributed by atoms with Crippen molar-refractivity contribution < 1.29 is 18.6 Å². The molecule has 2 bridgehead atoms. The Balaban J connectivity index is 1.96.